The number of fused-ring (bicyclic) bond motifs is 3. The van der Waals surface area contributed by atoms with Gasteiger partial charge in [-0.3, -0.25) is 4.79 Å². The van der Waals surface area contributed by atoms with E-state index in [0.29, 0.717) is 24.0 Å². The van der Waals surface area contributed by atoms with Crippen LogP contribution in [0.15, 0.2) is 69.7 Å². The summed E-state index contributed by atoms with van der Waals surface area (Å²) >= 11 is 1.53. The molecule has 1 atom stereocenters. The van der Waals surface area contributed by atoms with E-state index in [1.807, 2.05) is 43.0 Å². The Morgan fingerprint density at radius 3 is 2.47 bits per heavy atom. The van der Waals surface area contributed by atoms with Crippen LogP contribution in [0.1, 0.15) is 43.9 Å². The van der Waals surface area contributed by atoms with Crippen molar-refractivity contribution in [1.82, 2.24) is 0 Å². The highest BCUT2D eigenvalue weighted by Crippen LogP contribution is 2.53. The number of thioether (sulfide) groups is 1. The third-order valence-electron chi connectivity index (χ3n) is 5.74. The van der Waals surface area contributed by atoms with Crippen molar-refractivity contribution in [2.24, 2.45) is 10.4 Å². The van der Waals surface area contributed by atoms with Crippen LogP contribution in [0.5, 0.6) is 0 Å². The lowest BCUT2D eigenvalue weighted by atomic mass is 9.73. The van der Waals surface area contributed by atoms with Gasteiger partial charge in [-0.2, -0.15) is 13.2 Å². The van der Waals surface area contributed by atoms with Gasteiger partial charge < -0.3 is 4.90 Å². The van der Waals surface area contributed by atoms with Gasteiger partial charge in [0.25, 0.3) is 0 Å². The van der Waals surface area contributed by atoms with E-state index in [2.05, 4.69) is 0 Å². The maximum atomic E-state index is 13.2. The molecule has 0 bridgehead atoms. The molecule has 0 amide bonds. The monoisotopic (exact) mass is 428 g/mol. The number of halogens is 3. The molecule has 2 heterocycles. The molecule has 0 saturated carbocycles. The summed E-state index contributed by atoms with van der Waals surface area (Å²) in [5.41, 5.74) is 2.06. The van der Waals surface area contributed by atoms with Crippen LogP contribution in [0, 0.1) is 5.41 Å². The molecule has 7 heteroatoms. The van der Waals surface area contributed by atoms with E-state index >= 15 is 0 Å². The molecule has 30 heavy (non-hydrogen) atoms. The second-order valence-corrected chi connectivity index (χ2v) is 9.67. The molecular weight excluding hydrogens is 409 g/mol. The number of hydrogen-bond acceptors (Lipinski definition) is 4. The second kappa shape index (κ2) is 6.48. The average Bonchev–Trinajstić information content (AvgIpc) is 3.02. The number of benzene rings is 2. The smallest absolute Gasteiger partial charge is 0.308 e. The number of ketones is 1. The predicted molar refractivity (Wildman–Crippen MR) is 111 cm³/mol. The van der Waals surface area contributed by atoms with Crippen LogP contribution < -0.4 is 4.90 Å². The Labute approximate surface area is 176 Å². The van der Waals surface area contributed by atoms with E-state index in [0.717, 1.165) is 33.6 Å². The highest BCUT2D eigenvalue weighted by molar-refractivity contribution is 8.14. The van der Waals surface area contributed by atoms with Gasteiger partial charge in [-0.05, 0) is 53.4 Å². The molecule has 1 unspecified atom stereocenters. The number of rotatable bonds is 1. The fourth-order valence-corrected chi connectivity index (χ4v) is 5.52. The maximum absolute atomic E-state index is 13.2. The zero-order chi connectivity index (χ0) is 21.3. The van der Waals surface area contributed by atoms with Gasteiger partial charge in [0.05, 0.1) is 23.0 Å². The van der Waals surface area contributed by atoms with E-state index < -0.39 is 17.8 Å². The summed E-state index contributed by atoms with van der Waals surface area (Å²) in [4.78, 5) is 21.1. The number of nitrogens with zero attached hydrogens (tertiary/aromatic N) is 2. The van der Waals surface area contributed by atoms with E-state index in [4.69, 9.17) is 4.99 Å². The number of para-hydroxylation sites is 1. The van der Waals surface area contributed by atoms with Gasteiger partial charge >= 0.3 is 6.18 Å². The Hall–Kier alpha value is -2.54. The molecule has 0 spiro atoms. The summed E-state index contributed by atoms with van der Waals surface area (Å²) in [6.07, 6.45) is -3.33. The van der Waals surface area contributed by atoms with Crippen molar-refractivity contribution in [2.75, 3.05) is 4.90 Å². The standard InChI is InChI=1S/C23H19F3N2OS/c1-22(2)11-15-19(17(29)12-22)20(13-7-9-14(10-8-13)23(24,25)26)28-16-5-3-4-6-18(16)30-21(28)27-15/h3-10,20H,11-12H2,1-2H3. The van der Waals surface area contributed by atoms with Crippen molar-refractivity contribution < 1.29 is 18.0 Å². The number of amidine groups is 1. The van der Waals surface area contributed by atoms with E-state index in [-0.39, 0.29) is 11.2 Å². The van der Waals surface area contributed by atoms with Crippen molar-refractivity contribution in [1.29, 1.82) is 0 Å². The Bertz CT molecular complexity index is 1120. The molecule has 2 aromatic carbocycles. The van der Waals surface area contributed by atoms with Crippen LogP contribution in [0.3, 0.4) is 0 Å². The lowest BCUT2D eigenvalue weighted by Crippen LogP contribution is -2.40. The minimum absolute atomic E-state index is 0.0170. The van der Waals surface area contributed by atoms with Crippen LogP contribution in [-0.2, 0) is 11.0 Å². The summed E-state index contributed by atoms with van der Waals surface area (Å²) < 4.78 is 39.3. The molecule has 0 saturated heterocycles. The van der Waals surface area contributed by atoms with Crippen molar-refractivity contribution in [3.63, 3.8) is 0 Å². The topological polar surface area (TPSA) is 32.7 Å². The number of carbonyl (C=O) groups excluding carboxylic acids is 1. The fourth-order valence-electron chi connectivity index (χ4n) is 4.45. The average molecular weight is 428 g/mol. The van der Waals surface area contributed by atoms with Crippen molar-refractivity contribution in [3.05, 3.63) is 70.9 Å². The first-order valence-electron chi connectivity index (χ1n) is 9.72. The molecule has 0 fully saturated rings. The molecule has 3 aliphatic rings. The van der Waals surface area contributed by atoms with Gasteiger partial charge in [0.2, 0.25) is 0 Å². The van der Waals surface area contributed by atoms with Crippen LogP contribution in [-0.4, -0.2) is 11.0 Å². The lowest BCUT2D eigenvalue weighted by molar-refractivity contribution is -0.137. The number of allylic oxidation sites excluding steroid dienone is 1. The first kappa shape index (κ1) is 19.4. The number of carbonyl (C=O) groups is 1. The number of Topliss-reactive ketones (excluding diaryl/α,β-unsaturated/α-hetero) is 1. The SMILES string of the molecule is CC1(C)CC(=O)C2=C(C1)N=C1Sc3ccccc3N1C2c1ccc(C(F)(F)F)cc1. The van der Waals surface area contributed by atoms with Gasteiger partial charge in [0.1, 0.15) is 0 Å². The Morgan fingerprint density at radius 2 is 1.77 bits per heavy atom. The fraction of sp³-hybridized carbons (Fsp3) is 0.304. The van der Waals surface area contributed by atoms with Crippen LogP contribution >= 0.6 is 11.8 Å². The summed E-state index contributed by atoms with van der Waals surface area (Å²) in [7, 11) is 0. The summed E-state index contributed by atoms with van der Waals surface area (Å²) in [6.45, 7) is 4.09. The van der Waals surface area contributed by atoms with Gasteiger partial charge in [0.15, 0.2) is 11.0 Å². The third-order valence-corrected chi connectivity index (χ3v) is 6.78. The van der Waals surface area contributed by atoms with Crippen molar-refractivity contribution in [2.45, 2.75) is 43.8 Å². The van der Waals surface area contributed by atoms with Crippen molar-refractivity contribution in [3.8, 4) is 0 Å². The number of aliphatic imine (C=N–C) groups is 1. The Kier molecular flexibility index (Phi) is 4.19. The molecule has 3 nitrogen and oxygen atoms in total. The Morgan fingerprint density at radius 1 is 1.07 bits per heavy atom. The molecule has 2 aromatic rings. The first-order chi connectivity index (χ1) is 14.1. The molecule has 0 radical (unpaired) electrons. The zero-order valence-electron chi connectivity index (χ0n) is 16.5. The first-order valence-corrected chi connectivity index (χ1v) is 10.5. The molecule has 2 aliphatic heterocycles. The largest absolute Gasteiger partial charge is 0.416 e. The van der Waals surface area contributed by atoms with E-state index in [1.165, 1.54) is 23.9 Å². The van der Waals surface area contributed by atoms with Gasteiger partial charge in [-0.1, -0.05) is 38.1 Å². The molecule has 154 valence electrons. The maximum Gasteiger partial charge on any atom is 0.416 e. The number of anilines is 1. The van der Waals surface area contributed by atoms with Gasteiger partial charge in [0, 0.05) is 16.9 Å². The predicted octanol–water partition coefficient (Wildman–Crippen LogP) is 6.37. The van der Waals surface area contributed by atoms with Gasteiger partial charge in [-0.25, -0.2) is 4.99 Å². The van der Waals surface area contributed by atoms with E-state index in [9.17, 15) is 18.0 Å². The molecule has 1 aliphatic carbocycles. The highest BCUT2D eigenvalue weighted by Gasteiger charge is 2.45. The Balaban J connectivity index is 1.68. The summed E-state index contributed by atoms with van der Waals surface area (Å²) in [6, 6.07) is 12.5. The second-order valence-electron chi connectivity index (χ2n) is 8.66. The van der Waals surface area contributed by atoms with Crippen LogP contribution in [0.25, 0.3) is 0 Å². The summed E-state index contributed by atoms with van der Waals surface area (Å²) in [5.74, 6) is 0.0170. The zero-order valence-corrected chi connectivity index (χ0v) is 17.3. The quantitative estimate of drug-likeness (QED) is 0.529. The third kappa shape index (κ3) is 3.07. The lowest BCUT2D eigenvalue weighted by Gasteiger charge is -2.40. The van der Waals surface area contributed by atoms with E-state index in [1.54, 1.807) is 0 Å². The minimum Gasteiger partial charge on any atom is -0.308 e. The highest BCUT2D eigenvalue weighted by atomic mass is 32.2. The molecule has 0 N–H and O–H groups in total. The number of alkyl halides is 3. The number of hydrogen-bond donors (Lipinski definition) is 0. The molecule has 0 aromatic heterocycles. The molecule has 5 rings (SSSR count). The normalized spacial score (nSPS) is 22.4. The molecular formula is C23H19F3N2OS. The minimum atomic E-state index is -4.40. The summed E-state index contributed by atoms with van der Waals surface area (Å²) in [5, 5.41) is 0.769. The van der Waals surface area contributed by atoms with Crippen LogP contribution in [0.2, 0.25) is 0 Å². The van der Waals surface area contributed by atoms with Crippen molar-refractivity contribution >= 4 is 28.4 Å². The van der Waals surface area contributed by atoms with Gasteiger partial charge in [-0.15, -0.1) is 0 Å². The van der Waals surface area contributed by atoms with Crippen LogP contribution in [0.4, 0.5) is 18.9 Å².